The summed E-state index contributed by atoms with van der Waals surface area (Å²) in [5.41, 5.74) is 1.25. The Bertz CT molecular complexity index is 882. The fourth-order valence-electron chi connectivity index (χ4n) is 7.05. The summed E-state index contributed by atoms with van der Waals surface area (Å²) in [6.45, 7) is 7.72. The number of carbonyl (C=O) groups is 2. The minimum absolute atomic E-state index is 0.144. The molecule has 5 rings (SSSR count). The van der Waals surface area contributed by atoms with Gasteiger partial charge >= 0.3 is 12.1 Å². The van der Waals surface area contributed by atoms with Crippen molar-refractivity contribution in [1.82, 2.24) is 24.6 Å². The van der Waals surface area contributed by atoms with Crippen LogP contribution in [0.3, 0.4) is 0 Å². The number of carbonyl (C=O) groups excluding carboxylic acids is 2. The van der Waals surface area contributed by atoms with E-state index in [4.69, 9.17) is 4.74 Å². The second kappa shape index (κ2) is 10.3. The number of nitrogens with zero attached hydrogens (tertiary/aromatic N) is 5. The van der Waals surface area contributed by atoms with E-state index in [1.807, 2.05) is 42.0 Å². The van der Waals surface area contributed by atoms with Crippen LogP contribution in [0.25, 0.3) is 0 Å². The van der Waals surface area contributed by atoms with Gasteiger partial charge in [-0.3, -0.25) is 4.98 Å². The van der Waals surface area contributed by atoms with Crippen LogP contribution < -0.4 is 0 Å². The molecule has 3 amide bonds. The van der Waals surface area contributed by atoms with Crippen LogP contribution in [0.4, 0.5) is 9.59 Å². The molecule has 3 aliphatic heterocycles. The number of hydrogen-bond acceptors (Lipinski definition) is 5. The van der Waals surface area contributed by atoms with Gasteiger partial charge in [0.15, 0.2) is 0 Å². The topological polar surface area (TPSA) is 69.2 Å². The highest BCUT2D eigenvalue weighted by Crippen LogP contribution is 2.51. The van der Waals surface area contributed by atoms with Crippen LogP contribution in [0.15, 0.2) is 24.4 Å². The van der Waals surface area contributed by atoms with Gasteiger partial charge in [0.25, 0.3) is 0 Å². The summed E-state index contributed by atoms with van der Waals surface area (Å²) >= 11 is 0. The van der Waals surface area contributed by atoms with Crippen molar-refractivity contribution in [2.45, 2.75) is 70.5 Å². The number of rotatable bonds is 5. The molecule has 0 radical (unpaired) electrons. The number of amides is 3. The van der Waals surface area contributed by atoms with Crippen LogP contribution in [-0.2, 0) is 11.3 Å². The third-order valence-electron chi connectivity index (χ3n) is 8.93. The van der Waals surface area contributed by atoms with Crippen molar-refractivity contribution in [1.29, 1.82) is 0 Å². The zero-order valence-electron chi connectivity index (χ0n) is 21.4. The second-order valence-corrected chi connectivity index (χ2v) is 11.2. The number of pyridine rings is 1. The molecule has 1 aromatic heterocycles. The SMILES string of the molecule is CCOC(=O)N1CCC2(CC(N3CCC(C4CCCN4C(=O)N(C)Cc4ccccn4)CC3)C2)C1. The predicted octanol–water partition coefficient (Wildman–Crippen LogP) is 3.82. The monoisotopic (exact) mass is 483 g/mol. The average Bonchev–Trinajstić information content (AvgIpc) is 3.52. The molecule has 35 heavy (non-hydrogen) atoms. The van der Waals surface area contributed by atoms with E-state index in [0.29, 0.717) is 36.6 Å². The van der Waals surface area contributed by atoms with Crippen LogP contribution in [0.2, 0.25) is 0 Å². The summed E-state index contributed by atoms with van der Waals surface area (Å²) in [6.07, 6.45) is 9.76. The molecule has 1 spiro atoms. The summed E-state index contributed by atoms with van der Waals surface area (Å²) in [6, 6.07) is 7.03. The molecule has 4 heterocycles. The molecule has 4 fully saturated rings. The summed E-state index contributed by atoms with van der Waals surface area (Å²) in [5.74, 6) is 0.598. The lowest BCUT2D eigenvalue weighted by Crippen LogP contribution is -2.55. The first kappa shape index (κ1) is 24.3. The Morgan fingerprint density at radius 1 is 1.14 bits per heavy atom. The summed E-state index contributed by atoms with van der Waals surface area (Å²) < 4.78 is 5.20. The number of piperidine rings is 1. The molecule has 1 unspecified atom stereocenters. The standard InChI is InChI=1S/C27H41N5O3/c1-3-35-26(34)31-16-11-27(20-31)17-23(18-27)30-14-9-21(10-15-30)24-8-6-13-32(24)25(33)29(2)19-22-7-4-5-12-28-22/h4-5,7,12,21,23-24H,3,6,8-11,13-20H2,1-2H3. The Kier molecular flexibility index (Phi) is 7.19. The molecule has 0 aromatic carbocycles. The smallest absolute Gasteiger partial charge is 0.409 e. The van der Waals surface area contributed by atoms with Crippen LogP contribution in [0.1, 0.15) is 57.6 Å². The van der Waals surface area contributed by atoms with Crippen molar-refractivity contribution >= 4 is 12.1 Å². The number of urea groups is 1. The minimum Gasteiger partial charge on any atom is -0.450 e. The molecule has 0 N–H and O–H groups in total. The fraction of sp³-hybridized carbons (Fsp3) is 0.741. The number of likely N-dealkylation sites (tertiary alicyclic amines) is 3. The Hall–Kier alpha value is -2.35. The van der Waals surface area contributed by atoms with Crippen molar-refractivity contribution in [2.24, 2.45) is 11.3 Å². The normalized spacial score (nSPS) is 29.4. The Balaban J connectivity index is 1.09. The van der Waals surface area contributed by atoms with E-state index in [0.717, 1.165) is 57.7 Å². The van der Waals surface area contributed by atoms with E-state index in [2.05, 4.69) is 14.8 Å². The Morgan fingerprint density at radius 2 is 1.94 bits per heavy atom. The first-order chi connectivity index (χ1) is 17.0. The quantitative estimate of drug-likeness (QED) is 0.637. The van der Waals surface area contributed by atoms with E-state index in [9.17, 15) is 9.59 Å². The highest BCUT2D eigenvalue weighted by molar-refractivity contribution is 5.74. The molecule has 4 aliphatic rings. The van der Waals surface area contributed by atoms with Gasteiger partial charge in [0.05, 0.1) is 18.8 Å². The zero-order valence-corrected chi connectivity index (χ0v) is 21.4. The van der Waals surface area contributed by atoms with Gasteiger partial charge in [0, 0.05) is 45.0 Å². The third-order valence-corrected chi connectivity index (χ3v) is 8.93. The van der Waals surface area contributed by atoms with Crippen molar-refractivity contribution < 1.29 is 14.3 Å². The molecule has 1 aliphatic carbocycles. The van der Waals surface area contributed by atoms with E-state index in [-0.39, 0.29) is 12.1 Å². The van der Waals surface area contributed by atoms with E-state index >= 15 is 0 Å². The molecule has 1 atom stereocenters. The molecule has 0 bridgehead atoms. The molecule has 192 valence electrons. The highest BCUT2D eigenvalue weighted by Gasteiger charge is 2.51. The van der Waals surface area contributed by atoms with Crippen LogP contribution in [0.5, 0.6) is 0 Å². The fourth-order valence-corrected chi connectivity index (χ4v) is 7.05. The maximum Gasteiger partial charge on any atom is 0.409 e. The van der Waals surface area contributed by atoms with Crippen molar-refractivity contribution in [3.8, 4) is 0 Å². The molecular formula is C27H41N5O3. The van der Waals surface area contributed by atoms with Gasteiger partial charge < -0.3 is 24.3 Å². The molecular weight excluding hydrogens is 442 g/mol. The average molecular weight is 484 g/mol. The number of hydrogen-bond donors (Lipinski definition) is 0. The molecule has 8 heteroatoms. The number of aromatic nitrogens is 1. The Morgan fingerprint density at radius 3 is 2.66 bits per heavy atom. The lowest BCUT2D eigenvalue weighted by atomic mass is 9.64. The van der Waals surface area contributed by atoms with Gasteiger partial charge in [-0.25, -0.2) is 9.59 Å². The largest absolute Gasteiger partial charge is 0.450 e. The maximum absolute atomic E-state index is 13.3. The van der Waals surface area contributed by atoms with Crippen LogP contribution >= 0.6 is 0 Å². The van der Waals surface area contributed by atoms with Gasteiger partial charge in [0.2, 0.25) is 0 Å². The van der Waals surface area contributed by atoms with Crippen molar-refractivity contribution in [3.05, 3.63) is 30.1 Å². The van der Waals surface area contributed by atoms with Gasteiger partial charge in [-0.15, -0.1) is 0 Å². The van der Waals surface area contributed by atoms with E-state index in [1.165, 1.54) is 25.7 Å². The molecule has 8 nitrogen and oxygen atoms in total. The first-order valence-electron chi connectivity index (χ1n) is 13.6. The molecule has 3 saturated heterocycles. The first-order valence-corrected chi connectivity index (χ1v) is 13.6. The van der Waals surface area contributed by atoms with Crippen molar-refractivity contribution in [3.63, 3.8) is 0 Å². The van der Waals surface area contributed by atoms with Crippen LogP contribution in [0, 0.1) is 11.3 Å². The highest BCUT2D eigenvalue weighted by atomic mass is 16.6. The van der Waals surface area contributed by atoms with Gasteiger partial charge in [-0.05, 0) is 88.4 Å². The van der Waals surface area contributed by atoms with Gasteiger partial charge in [-0.2, -0.15) is 0 Å². The minimum atomic E-state index is -0.144. The third kappa shape index (κ3) is 5.13. The van der Waals surface area contributed by atoms with Crippen molar-refractivity contribution in [2.75, 3.05) is 46.4 Å². The zero-order chi connectivity index (χ0) is 24.4. The van der Waals surface area contributed by atoms with E-state index < -0.39 is 0 Å². The van der Waals surface area contributed by atoms with Gasteiger partial charge in [0.1, 0.15) is 0 Å². The second-order valence-electron chi connectivity index (χ2n) is 11.2. The lowest BCUT2D eigenvalue weighted by Gasteiger charge is -2.52. The van der Waals surface area contributed by atoms with E-state index in [1.54, 1.807) is 6.20 Å². The Labute approximate surface area is 209 Å². The summed E-state index contributed by atoms with van der Waals surface area (Å²) in [7, 11) is 1.90. The van der Waals surface area contributed by atoms with Gasteiger partial charge in [-0.1, -0.05) is 6.07 Å². The predicted molar refractivity (Wildman–Crippen MR) is 134 cm³/mol. The molecule has 1 saturated carbocycles. The number of ether oxygens (including phenoxy) is 1. The maximum atomic E-state index is 13.3. The summed E-state index contributed by atoms with van der Waals surface area (Å²) in [4.78, 5) is 38.3. The van der Waals surface area contributed by atoms with Crippen LogP contribution in [-0.4, -0.2) is 95.2 Å². The summed E-state index contributed by atoms with van der Waals surface area (Å²) in [5, 5.41) is 0. The molecule has 1 aromatic rings. The lowest BCUT2D eigenvalue weighted by molar-refractivity contribution is -0.0149.